The number of ether oxygens (including phenoxy) is 1. The third kappa shape index (κ3) is 3.38. The minimum Gasteiger partial charge on any atom is -0.396 e. The van der Waals surface area contributed by atoms with Crippen LogP contribution >= 0.6 is 0 Å². The van der Waals surface area contributed by atoms with E-state index in [1.54, 1.807) is 0 Å². The van der Waals surface area contributed by atoms with Crippen molar-refractivity contribution in [2.45, 2.75) is 51.7 Å². The molecule has 5 nitrogen and oxygen atoms in total. The first-order chi connectivity index (χ1) is 17.7. The van der Waals surface area contributed by atoms with E-state index in [0.717, 1.165) is 32.3 Å². The molecule has 0 saturated heterocycles. The fourth-order valence-corrected chi connectivity index (χ4v) is 5.98. The van der Waals surface area contributed by atoms with E-state index in [1.807, 2.05) is 52.0 Å². The summed E-state index contributed by atoms with van der Waals surface area (Å²) in [5, 5.41) is 17.9. The van der Waals surface area contributed by atoms with E-state index in [1.165, 1.54) is 15.7 Å². The quantitative estimate of drug-likeness (QED) is 0.156. The summed E-state index contributed by atoms with van der Waals surface area (Å²) in [5.74, 6) is -0.598. The molecule has 6 rings (SSSR count). The Bertz CT molecular complexity index is 1620. The van der Waals surface area contributed by atoms with Crippen molar-refractivity contribution < 1.29 is 19.4 Å². The van der Waals surface area contributed by atoms with Crippen molar-refractivity contribution in [2.24, 2.45) is 0 Å². The van der Waals surface area contributed by atoms with E-state index < -0.39 is 11.1 Å². The maximum atomic E-state index is 14.0. The Balaban J connectivity index is 1.52. The highest BCUT2D eigenvalue weighted by Crippen LogP contribution is 2.44. The molecule has 0 saturated carbocycles. The molecule has 1 aliphatic heterocycles. The average Bonchev–Trinajstić information content (AvgIpc) is 2.89. The lowest BCUT2D eigenvalue weighted by atomic mass is 9.84. The van der Waals surface area contributed by atoms with Crippen LogP contribution in [0.5, 0.6) is 0 Å². The van der Waals surface area contributed by atoms with Gasteiger partial charge in [-0.1, -0.05) is 55.5 Å². The molecule has 1 heterocycles. The first kappa shape index (κ1) is 23.8. The van der Waals surface area contributed by atoms with Crippen LogP contribution in [-0.2, 0) is 4.74 Å². The van der Waals surface area contributed by atoms with E-state index in [-0.39, 0.29) is 25.0 Å². The molecule has 0 bridgehead atoms. The van der Waals surface area contributed by atoms with Crippen LogP contribution < -0.4 is 0 Å². The van der Waals surface area contributed by atoms with Crippen LogP contribution in [0.25, 0.3) is 43.1 Å². The van der Waals surface area contributed by atoms with E-state index in [0.29, 0.717) is 24.0 Å². The van der Waals surface area contributed by atoms with Crippen LogP contribution in [0.2, 0.25) is 0 Å². The van der Waals surface area contributed by atoms with Gasteiger partial charge in [-0.3, -0.25) is 14.5 Å². The number of hydrogen-bond donors (Lipinski definition) is 1. The van der Waals surface area contributed by atoms with Crippen molar-refractivity contribution in [3.63, 3.8) is 0 Å². The van der Waals surface area contributed by atoms with Gasteiger partial charge in [0, 0.05) is 23.1 Å². The van der Waals surface area contributed by atoms with Gasteiger partial charge in [-0.15, -0.1) is 0 Å². The average molecular weight is 494 g/mol. The highest BCUT2D eigenvalue weighted by molar-refractivity contribution is 6.38. The lowest BCUT2D eigenvalue weighted by molar-refractivity contribution is -0.0819. The number of aliphatic hydroxyl groups excluding tert-OH is 1. The van der Waals surface area contributed by atoms with Crippen LogP contribution in [0.1, 0.15) is 61.3 Å². The summed E-state index contributed by atoms with van der Waals surface area (Å²) in [7, 11) is 0. The van der Waals surface area contributed by atoms with Gasteiger partial charge in [0.25, 0.3) is 11.8 Å². The fraction of sp³-hybridized carbons (Fsp3) is 0.312. The summed E-state index contributed by atoms with van der Waals surface area (Å²) in [6.45, 7) is 7.89. The summed E-state index contributed by atoms with van der Waals surface area (Å²) in [5.41, 5.74) is -0.315. The number of hydrogen-bond acceptors (Lipinski definition) is 4. The summed E-state index contributed by atoms with van der Waals surface area (Å²) >= 11 is 0. The molecule has 37 heavy (non-hydrogen) atoms. The number of carbonyl (C=O) groups excluding carboxylic acids is 2. The SMILES string of the molecule is CCC(C)(CCO)OCC(C)(C)N1C(=O)c2ccc3c4cccc5cccc(c6ccc(c2c36)C1=O)c54. The van der Waals surface area contributed by atoms with Gasteiger partial charge in [-0.2, -0.15) is 0 Å². The Morgan fingerprint density at radius 3 is 1.81 bits per heavy atom. The monoisotopic (exact) mass is 493 g/mol. The maximum Gasteiger partial charge on any atom is 0.261 e. The first-order valence-electron chi connectivity index (χ1n) is 13.0. The topological polar surface area (TPSA) is 66.8 Å². The van der Waals surface area contributed by atoms with Crippen LogP contribution in [0.15, 0.2) is 60.7 Å². The van der Waals surface area contributed by atoms with Gasteiger partial charge in [0.05, 0.1) is 17.7 Å². The van der Waals surface area contributed by atoms with Gasteiger partial charge in [0.15, 0.2) is 0 Å². The largest absolute Gasteiger partial charge is 0.396 e. The van der Waals surface area contributed by atoms with Crippen molar-refractivity contribution in [1.29, 1.82) is 0 Å². The van der Waals surface area contributed by atoms with Crippen LogP contribution in [0.4, 0.5) is 0 Å². The second-order valence-electron chi connectivity index (χ2n) is 11.1. The second-order valence-corrected chi connectivity index (χ2v) is 11.1. The zero-order valence-corrected chi connectivity index (χ0v) is 21.7. The molecule has 5 aromatic rings. The number of imide groups is 1. The number of rotatable bonds is 7. The number of amides is 2. The number of benzene rings is 5. The molecule has 1 atom stereocenters. The Labute approximate surface area is 216 Å². The van der Waals surface area contributed by atoms with Crippen LogP contribution in [-0.4, -0.2) is 46.2 Å². The van der Waals surface area contributed by atoms with Crippen molar-refractivity contribution in [1.82, 2.24) is 4.90 Å². The maximum absolute atomic E-state index is 14.0. The Kier molecular flexibility index (Phi) is 5.30. The zero-order chi connectivity index (χ0) is 26.1. The van der Waals surface area contributed by atoms with Crippen molar-refractivity contribution in [2.75, 3.05) is 13.2 Å². The molecule has 0 spiro atoms. The van der Waals surface area contributed by atoms with E-state index in [4.69, 9.17) is 4.74 Å². The van der Waals surface area contributed by atoms with Gasteiger partial charge in [0.2, 0.25) is 0 Å². The van der Waals surface area contributed by atoms with E-state index in [2.05, 4.69) is 36.4 Å². The summed E-state index contributed by atoms with van der Waals surface area (Å²) in [4.78, 5) is 29.3. The number of nitrogens with zero attached hydrogens (tertiary/aromatic N) is 1. The third-order valence-electron chi connectivity index (χ3n) is 8.28. The first-order valence-corrected chi connectivity index (χ1v) is 13.0. The Morgan fingerprint density at radius 1 is 0.757 bits per heavy atom. The summed E-state index contributed by atoms with van der Waals surface area (Å²) in [6.07, 6.45) is 1.21. The van der Waals surface area contributed by atoms with Crippen LogP contribution in [0, 0.1) is 0 Å². The third-order valence-corrected chi connectivity index (χ3v) is 8.28. The molecular weight excluding hydrogens is 462 g/mol. The molecule has 0 radical (unpaired) electrons. The van der Waals surface area contributed by atoms with Gasteiger partial charge < -0.3 is 9.84 Å². The van der Waals surface area contributed by atoms with Gasteiger partial charge in [0.1, 0.15) is 0 Å². The minimum atomic E-state index is -0.878. The molecule has 188 valence electrons. The normalized spacial score (nSPS) is 16.0. The lowest BCUT2D eigenvalue weighted by Gasteiger charge is -2.41. The molecule has 0 aliphatic carbocycles. The zero-order valence-electron chi connectivity index (χ0n) is 21.7. The molecule has 2 amide bonds. The van der Waals surface area contributed by atoms with Crippen molar-refractivity contribution in [3.8, 4) is 0 Å². The van der Waals surface area contributed by atoms with Crippen LogP contribution in [0.3, 0.4) is 0 Å². The molecule has 5 aromatic carbocycles. The van der Waals surface area contributed by atoms with Gasteiger partial charge in [-0.25, -0.2) is 0 Å². The van der Waals surface area contributed by atoms with Crippen molar-refractivity contribution >= 4 is 54.9 Å². The Morgan fingerprint density at radius 2 is 1.30 bits per heavy atom. The molecule has 1 aliphatic rings. The van der Waals surface area contributed by atoms with E-state index >= 15 is 0 Å². The molecule has 5 heteroatoms. The lowest BCUT2D eigenvalue weighted by Crippen LogP contribution is -2.56. The van der Waals surface area contributed by atoms with Gasteiger partial charge >= 0.3 is 0 Å². The number of fused-ring (bicyclic) bond motifs is 2. The van der Waals surface area contributed by atoms with Crippen molar-refractivity contribution in [3.05, 3.63) is 71.8 Å². The predicted octanol–water partition coefficient (Wildman–Crippen LogP) is 6.68. The number of aliphatic hydroxyl groups is 1. The van der Waals surface area contributed by atoms with Gasteiger partial charge in [-0.05, 0) is 83.4 Å². The molecule has 0 fully saturated rings. The highest BCUT2D eigenvalue weighted by atomic mass is 16.5. The predicted molar refractivity (Wildman–Crippen MR) is 149 cm³/mol. The summed E-state index contributed by atoms with van der Waals surface area (Å²) < 4.78 is 6.23. The number of carbonyl (C=O) groups is 2. The molecule has 0 aromatic heterocycles. The second kappa shape index (κ2) is 8.23. The molecule has 1 N–H and O–H groups in total. The van der Waals surface area contributed by atoms with E-state index in [9.17, 15) is 14.7 Å². The fourth-order valence-electron chi connectivity index (χ4n) is 5.98. The minimum absolute atomic E-state index is 0.0171. The summed E-state index contributed by atoms with van der Waals surface area (Å²) in [6, 6.07) is 20.4. The molecule has 1 unspecified atom stereocenters. The standard InChI is InChI=1S/C32H31NO4/c1-5-32(4,16-17-34)37-18-31(2,3)33-29(35)24-14-12-22-20-10-6-8-19-9-7-11-21(26(19)20)23-13-15-25(30(33)36)28(24)27(22)23/h6-15,34H,5,16-18H2,1-4H3. The molecular formula is C32H31NO4. The Hall–Kier alpha value is -3.54. The smallest absolute Gasteiger partial charge is 0.261 e. The highest BCUT2D eigenvalue weighted by Gasteiger charge is 2.43.